The highest BCUT2D eigenvalue weighted by atomic mass is 32.2. The smallest absolute Gasteiger partial charge is 0.156 e. The van der Waals surface area contributed by atoms with Gasteiger partial charge in [-0.2, -0.15) is 0 Å². The van der Waals surface area contributed by atoms with E-state index in [9.17, 15) is 8.42 Å². The summed E-state index contributed by atoms with van der Waals surface area (Å²) in [5.74, 6) is 0.159. The zero-order chi connectivity index (χ0) is 13.7. The minimum atomic E-state index is -3.05. The molecule has 0 spiro atoms. The number of methoxy groups -OCH3 is 1. The fourth-order valence-corrected chi connectivity index (χ4v) is 2.51. The normalized spacial score (nSPS) is 15.2. The molecule has 0 saturated heterocycles. The van der Waals surface area contributed by atoms with Crippen molar-refractivity contribution in [2.45, 2.75) is 31.6 Å². The van der Waals surface area contributed by atoms with Crippen LogP contribution in [0.2, 0.25) is 0 Å². The van der Waals surface area contributed by atoms with Gasteiger partial charge < -0.3 is 15.4 Å². The standard InChI is InChI=1S/C11H26N2O3S/c1-11(2,3)17(14,15)7-6-13(4)8-10(12)9-16-5/h10H,6-9,12H2,1-5H3. The molecule has 0 aromatic carbocycles. The minimum Gasteiger partial charge on any atom is -0.383 e. The van der Waals surface area contributed by atoms with Gasteiger partial charge in [0.2, 0.25) is 0 Å². The molecule has 0 aliphatic carbocycles. The molecule has 0 radical (unpaired) electrons. The predicted octanol–water partition coefficient (Wildman–Crippen LogP) is 0.105. The Hall–Kier alpha value is -0.170. The molecule has 1 unspecified atom stereocenters. The highest BCUT2D eigenvalue weighted by molar-refractivity contribution is 7.92. The summed E-state index contributed by atoms with van der Waals surface area (Å²) in [7, 11) is 0.415. The first-order valence-corrected chi connectivity index (χ1v) is 7.40. The molecule has 0 rings (SSSR count). The minimum absolute atomic E-state index is 0.0812. The highest BCUT2D eigenvalue weighted by Crippen LogP contribution is 2.15. The van der Waals surface area contributed by atoms with Gasteiger partial charge >= 0.3 is 0 Å². The molecular weight excluding hydrogens is 240 g/mol. The number of hydrogen-bond acceptors (Lipinski definition) is 5. The lowest BCUT2D eigenvalue weighted by Gasteiger charge is -2.24. The number of hydrogen-bond donors (Lipinski definition) is 1. The molecule has 5 nitrogen and oxygen atoms in total. The van der Waals surface area contributed by atoms with Gasteiger partial charge in [0.15, 0.2) is 9.84 Å². The van der Waals surface area contributed by atoms with E-state index in [0.29, 0.717) is 19.7 Å². The molecule has 1 atom stereocenters. The Morgan fingerprint density at radius 1 is 1.35 bits per heavy atom. The zero-order valence-corrected chi connectivity index (χ0v) is 12.4. The molecule has 0 aliphatic rings. The molecule has 0 amide bonds. The second kappa shape index (κ2) is 6.68. The summed E-state index contributed by atoms with van der Waals surface area (Å²) in [6.45, 7) is 6.78. The summed E-state index contributed by atoms with van der Waals surface area (Å²) in [4.78, 5) is 1.92. The quantitative estimate of drug-likeness (QED) is 0.708. The third-order valence-corrected chi connectivity index (χ3v) is 5.19. The Bertz CT molecular complexity index is 309. The zero-order valence-electron chi connectivity index (χ0n) is 11.6. The second-order valence-corrected chi connectivity index (χ2v) is 8.27. The molecule has 0 saturated carbocycles. The molecule has 0 aromatic rings. The molecule has 104 valence electrons. The summed E-state index contributed by atoms with van der Waals surface area (Å²) in [6.07, 6.45) is 0. The Morgan fingerprint density at radius 3 is 2.29 bits per heavy atom. The molecule has 0 heterocycles. The van der Waals surface area contributed by atoms with Crippen LogP contribution in [0.1, 0.15) is 20.8 Å². The van der Waals surface area contributed by atoms with Crippen molar-refractivity contribution in [2.75, 3.05) is 39.6 Å². The van der Waals surface area contributed by atoms with Crippen molar-refractivity contribution in [3.05, 3.63) is 0 Å². The van der Waals surface area contributed by atoms with Gasteiger partial charge in [-0.1, -0.05) is 0 Å². The third-order valence-electron chi connectivity index (χ3n) is 2.60. The molecular formula is C11H26N2O3S. The van der Waals surface area contributed by atoms with Crippen LogP contribution in [0.5, 0.6) is 0 Å². The van der Waals surface area contributed by atoms with Crippen LogP contribution in [0, 0.1) is 0 Å². The summed E-state index contributed by atoms with van der Waals surface area (Å²) in [5, 5.41) is 0. The first-order chi connectivity index (χ1) is 7.60. The van der Waals surface area contributed by atoms with Crippen LogP contribution in [0.3, 0.4) is 0 Å². The van der Waals surface area contributed by atoms with Crippen molar-refractivity contribution < 1.29 is 13.2 Å². The maximum absolute atomic E-state index is 11.9. The maximum atomic E-state index is 11.9. The molecule has 6 heteroatoms. The van der Waals surface area contributed by atoms with Gasteiger partial charge in [-0.15, -0.1) is 0 Å². The number of ether oxygens (including phenoxy) is 1. The molecule has 2 N–H and O–H groups in total. The van der Waals surface area contributed by atoms with E-state index in [0.717, 1.165) is 0 Å². The largest absolute Gasteiger partial charge is 0.383 e. The van der Waals surface area contributed by atoms with Crippen LogP contribution in [0.4, 0.5) is 0 Å². The number of rotatable bonds is 7. The molecule has 0 aromatic heterocycles. The van der Waals surface area contributed by atoms with Crippen molar-refractivity contribution in [1.82, 2.24) is 4.90 Å². The van der Waals surface area contributed by atoms with E-state index in [1.807, 2.05) is 11.9 Å². The van der Waals surface area contributed by atoms with E-state index in [-0.39, 0.29) is 11.8 Å². The van der Waals surface area contributed by atoms with Gasteiger partial charge in [0.1, 0.15) is 0 Å². The van der Waals surface area contributed by atoms with Gasteiger partial charge in [0.05, 0.1) is 17.1 Å². The van der Waals surface area contributed by atoms with Gasteiger partial charge in [-0.3, -0.25) is 0 Å². The first kappa shape index (κ1) is 16.8. The summed E-state index contributed by atoms with van der Waals surface area (Å²) in [6, 6.07) is -0.0812. The number of likely N-dealkylation sites (N-methyl/N-ethyl adjacent to an activating group) is 1. The van der Waals surface area contributed by atoms with E-state index >= 15 is 0 Å². The van der Waals surface area contributed by atoms with Crippen molar-refractivity contribution in [2.24, 2.45) is 5.73 Å². The van der Waals surface area contributed by atoms with E-state index < -0.39 is 14.6 Å². The van der Waals surface area contributed by atoms with Crippen LogP contribution in [-0.2, 0) is 14.6 Å². The third kappa shape index (κ3) is 6.35. The lowest BCUT2D eigenvalue weighted by Crippen LogP contribution is -2.41. The van der Waals surface area contributed by atoms with Crippen molar-refractivity contribution >= 4 is 9.84 Å². The van der Waals surface area contributed by atoms with Gasteiger partial charge in [-0.05, 0) is 27.8 Å². The Balaban J connectivity index is 4.13. The van der Waals surface area contributed by atoms with Crippen LogP contribution in [0.15, 0.2) is 0 Å². The fourth-order valence-electron chi connectivity index (χ4n) is 1.34. The average molecular weight is 266 g/mol. The van der Waals surface area contributed by atoms with Crippen LogP contribution < -0.4 is 5.73 Å². The Morgan fingerprint density at radius 2 is 1.88 bits per heavy atom. The molecule has 0 fully saturated rings. The lowest BCUT2D eigenvalue weighted by atomic mass is 10.3. The van der Waals surface area contributed by atoms with Crippen molar-refractivity contribution in [1.29, 1.82) is 0 Å². The topological polar surface area (TPSA) is 72.6 Å². The monoisotopic (exact) mass is 266 g/mol. The Kier molecular flexibility index (Phi) is 6.61. The van der Waals surface area contributed by atoms with Crippen LogP contribution in [0.25, 0.3) is 0 Å². The van der Waals surface area contributed by atoms with E-state index in [1.54, 1.807) is 27.9 Å². The van der Waals surface area contributed by atoms with Crippen molar-refractivity contribution in [3.63, 3.8) is 0 Å². The van der Waals surface area contributed by atoms with E-state index in [4.69, 9.17) is 10.5 Å². The summed E-state index contributed by atoms with van der Waals surface area (Å²) >= 11 is 0. The van der Waals surface area contributed by atoms with Gasteiger partial charge in [0, 0.05) is 26.2 Å². The van der Waals surface area contributed by atoms with Gasteiger partial charge in [-0.25, -0.2) is 8.42 Å². The highest BCUT2D eigenvalue weighted by Gasteiger charge is 2.28. The number of sulfone groups is 1. The second-order valence-electron chi connectivity index (χ2n) is 5.41. The SMILES string of the molecule is COCC(N)CN(C)CCS(=O)(=O)C(C)(C)C. The lowest BCUT2D eigenvalue weighted by molar-refractivity contribution is 0.163. The molecule has 0 bridgehead atoms. The Labute approximate surface area is 105 Å². The fraction of sp³-hybridized carbons (Fsp3) is 1.00. The first-order valence-electron chi connectivity index (χ1n) is 5.75. The van der Waals surface area contributed by atoms with E-state index in [1.165, 1.54) is 0 Å². The maximum Gasteiger partial charge on any atom is 0.156 e. The number of nitrogens with zero attached hydrogens (tertiary/aromatic N) is 1. The number of nitrogens with two attached hydrogens (primary N) is 1. The van der Waals surface area contributed by atoms with Crippen molar-refractivity contribution in [3.8, 4) is 0 Å². The van der Waals surface area contributed by atoms with Gasteiger partial charge in [0.25, 0.3) is 0 Å². The average Bonchev–Trinajstić information content (AvgIpc) is 2.13. The van der Waals surface area contributed by atoms with Crippen LogP contribution in [-0.4, -0.2) is 63.7 Å². The summed E-state index contributed by atoms with van der Waals surface area (Å²) in [5.41, 5.74) is 5.79. The molecule has 0 aliphatic heterocycles. The molecule has 17 heavy (non-hydrogen) atoms. The summed E-state index contributed by atoms with van der Waals surface area (Å²) < 4.78 is 28.0. The van der Waals surface area contributed by atoms with Crippen LogP contribution >= 0.6 is 0 Å². The predicted molar refractivity (Wildman–Crippen MR) is 70.9 cm³/mol. The van der Waals surface area contributed by atoms with E-state index in [2.05, 4.69) is 0 Å².